The second-order valence-corrected chi connectivity index (χ2v) is 24.6. The smallest absolute Gasteiger partial charge is 0.306 e. The van der Waals surface area contributed by atoms with E-state index in [2.05, 4.69) is 111 Å². The first-order valence-electron chi connectivity index (χ1n) is 36.8. The Morgan fingerprint density at radius 3 is 0.786 bits per heavy atom. The number of allylic oxidation sites excluding steroid dienone is 16. The van der Waals surface area contributed by atoms with Gasteiger partial charge in [-0.2, -0.15) is 0 Å². The second-order valence-electron chi connectivity index (χ2n) is 24.6. The Morgan fingerprint density at radius 1 is 0.286 bits per heavy atom. The summed E-state index contributed by atoms with van der Waals surface area (Å²) in [5, 5.41) is 9.71. The van der Waals surface area contributed by atoms with Crippen molar-refractivity contribution in [1.29, 1.82) is 0 Å². The lowest BCUT2D eigenvalue weighted by Crippen LogP contribution is -2.28. The molecular formula is C79H140O5. The molecule has 0 heterocycles. The van der Waals surface area contributed by atoms with E-state index in [0.717, 1.165) is 89.9 Å². The van der Waals surface area contributed by atoms with E-state index in [9.17, 15) is 14.7 Å². The topological polar surface area (TPSA) is 72.8 Å². The second kappa shape index (κ2) is 74.1. The highest BCUT2D eigenvalue weighted by Gasteiger charge is 2.16. The molecule has 0 rings (SSSR count). The minimum absolute atomic E-state index is 0.0689. The largest absolute Gasteiger partial charge is 0.462 e. The average molecular weight is 1170 g/mol. The number of aliphatic hydroxyl groups is 1. The first kappa shape index (κ1) is 80.8. The van der Waals surface area contributed by atoms with Crippen LogP contribution in [0.3, 0.4) is 0 Å². The van der Waals surface area contributed by atoms with Crippen molar-refractivity contribution in [3.05, 3.63) is 97.2 Å². The Kier molecular flexibility index (Phi) is 71.3. The lowest BCUT2D eigenvalue weighted by Gasteiger charge is -2.15. The van der Waals surface area contributed by atoms with Crippen molar-refractivity contribution in [3.63, 3.8) is 0 Å². The van der Waals surface area contributed by atoms with Gasteiger partial charge in [0.25, 0.3) is 0 Å². The molecule has 0 aliphatic rings. The Hall–Kier alpha value is -3.18. The average Bonchev–Trinajstić information content (AvgIpc) is 3.51. The molecule has 0 bridgehead atoms. The molecule has 0 radical (unpaired) electrons. The van der Waals surface area contributed by atoms with Gasteiger partial charge in [-0.25, -0.2) is 0 Å². The van der Waals surface area contributed by atoms with Crippen molar-refractivity contribution in [2.45, 2.75) is 380 Å². The predicted octanol–water partition coefficient (Wildman–Crippen LogP) is 25.8. The van der Waals surface area contributed by atoms with Gasteiger partial charge >= 0.3 is 11.9 Å². The maximum absolute atomic E-state index is 12.4. The highest BCUT2D eigenvalue weighted by atomic mass is 16.6. The van der Waals surface area contributed by atoms with E-state index in [1.54, 1.807) is 0 Å². The van der Waals surface area contributed by atoms with Gasteiger partial charge in [-0.15, -0.1) is 0 Å². The van der Waals surface area contributed by atoms with Crippen LogP contribution in [0, 0.1) is 0 Å². The van der Waals surface area contributed by atoms with E-state index in [1.165, 1.54) is 257 Å². The van der Waals surface area contributed by atoms with Crippen molar-refractivity contribution in [2.75, 3.05) is 13.2 Å². The summed E-state index contributed by atoms with van der Waals surface area (Å²) in [4.78, 5) is 24.7. The van der Waals surface area contributed by atoms with Gasteiger partial charge < -0.3 is 14.6 Å². The minimum atomic E-state index is -0.781. The quantitative estimate of drug-likeness (QED) is 0.0373. The van der Waals surface area contributed by atoms with Gasteiger partial charge in [0.15, 0.2) is 6.10 Å². The van der Waals surface area contributed by atoms with Gasteiger partial charge in [-0.05, 0) is 96.3 Å². The Labute approximate surface area is 523 Å². The Morgan fingerprint density at radius 2 is 0.512 bits per heavy atom. The van der Waals surface area contributed by atoms with Gasteiger partial charge in [0, 0.05) is 12.8 Å². The fraction of sp³-hybridized carbons (Fsp3) is 0.772. The minimum Gasteiger partial charge on any atom is -0.462 e. The van der Waals surface area contributed by atoms with Gasteiger partial charge in [-0.1, -0.05) is 361 Å². The van der Waals surface area contributed by atoms with Crippen LogP contribution in [0.25, 0.3) is 0 Å². The van der Waals surface area contributed by atoms with Crippen molar-refractivity contribution in [1.82, 2.24) is 0 Å². The number of aliphatic hydroxyl groups excluding tert-OH is 1. The number of ether oxygens (including phenoxy) is 2. The molecule has 0 aromatic carbocycles. The molecule has 486 valence electrons. The van der Waals surface area contributed by atoms with Gasteiger partial charge in [0.1, 0.15) is 6.61 Å². The third-order valence-corrected chi connectivity index (χ3v) is 16.4. The van der Waals surface area contributed by atoms with Crippen LogP contribution in [0.4, 0.5) is 0 Å². The number of esters is 2. The van der Waals surface area contributed by atoms with Gasteiger partial charge in [-0.3, -0.25) is 9.59 Å². The Balaban J connectivity index is 3.43. The molecule has 0 aliphatic heterocycles. The Bertz CT molecular complexity index is 1560. The van der Waals surface area contributed by atoms with Crippen LogP contribution >= 0.6 is 0 Å². The summed E-state index contributed by atoms with van der Waals surface area (Å²) < 4.78 is 10.8. The molecular weight excluding hydrogens is 1030 g/mol. The number of unbranched alkanes of at least 4 members (excludes halogenated alkanes) is 44. The first-order chi connectivity index (χ1) is 41.6. The number of carbonyl (C=O) groups is 2. The zero-order chi connectivity index (χ0) is 60.5. The lowest BCUT2D eigenvalue weighted by molar-refractivity contribution is -0.161. The third kappa shape index (κ3) is 71.3. The summed E-state index contributed by atoms with van der Waals surface area (Å²) in [5.74, 6) is -0.586. The number of rotatable bonds is 68. The molecule has 0 aliphatic carbocycles. The first-order valence-corrected chi connectivity index (χ1v) is 36.8. The summed E-state index contributed by atoms with van der Waals surface area (Å²) in [6.07, 6.45) is 106. The molecule has 0 fully saturated rings. The summed E-state index contributed by atoms with van der Waals surface area (Å²) in [6.45, 7) is 4.06. The molecule has 1 N–H and O–H groups in total. The molecule has 0 saturated carbocycles. The number of carbonyl (C=O) groups excluding carboxylic acids is 2. The molecule has 0 aromatic rings. The fourth-order valence-corrected chi connectivity index (χ4v) is 10.9. The normalized spacial score (nSPS) is 12.8. The van der Waals surface area contributed by atoms with Gasteiger partial charge in [0.05, 0.1) is 6.61 Å². The summed E-state index contributed by atoms with van der Waals surface area (Å²) in [6, 6.07) is 0. The van der Waals surface area contributed by atoms with Crippen molar-refractivity contribution in [2.24, 2.45) is 0 Å². The monoisotopic (exact) mass is 1170 g/mol. The van der Waals surface area contributed by atoms with E-state index >= 15 is 0 Å². The van der Waals surface area contributed by atoms with Crippen LogP contribution in [-0.4, -0.2) is 36.4 Å². The predicted molar refractivity (Wildman–Crippen MR) is 371 cm³/mol. The summed E-state index contributed by atoms with van der Waals surface area (Å²) >= 11 is 0. The van der Waals surface area contributed by atoms with E-state index in [1.807, 2.05) is 0 Å². The van der Waals surface area contributed by atoms with E-state index < -0.39 is 6.10 Å². The molecule has 0 amide bonds. The molecule has 84 heavy (non-hydrogen) atoms. The molecule has 0 saturated heterocycles. The van der Waals surface area contributed by atoms with Crippen LogP contribution in [0.2, 0.25) is 0 Å². The van der Waals surface area contributed by atoms with E-state index in [-0.39, 0.29) is 25.2 Å². The highest BCUT2D eigenvalue weighted by Crippen LogP contribution is 2.18. The van der Waals surface area contributed by atoms with Crippen molar-refractivity contribution < 1.29 is 24.2 Å². The van der Waals surface area contributed by atoms with Crippen LogP contribution in [0.5, 0.6) is 0 Å². The zero-order valence-electron chi connectivity index (χ0n) is 55.9. The molecule has 1 unspecified atom stereocenters. The standard InChI is InChI=1S/C79H140O5/c1-3-5-7-9-11-13-15-17-19-21-23-25-27-29-31-33-35-36-37-38-39-40-41-42-44-45-47-49-51-53-55-57-59-61-63-65-67-69-71-73-78(81)83-76-77(75-80)84-79(82)74-72-70-68-66-64-62-60-58-56-54-52-50-48-46-43-34-32-30-28-26-24-22-20-18-16-14-12-10-8-6-4-2/h6,8,12,14,18,20-21,23-24,26,30,32,43,46,50,52,77,80H,3-5,7,9-11,13,15-17,19,22,25,27-29,31,33-42,44-45,47-49,51,53-76H2,1-2H3/b8-6-,14-12-,20-18-,23-21-,26-24-,32-30-,46-43-,52-50-. The lowest BCUT2D eigenvalue weighted by atomic mass is 10.0. The third-order valence-electron chi connectivity index (χ3n) is 16.4. The molecule has 5 heteroatoms. The summed E-state index contributed by atoms with van der Waals surface area (Å²) in [5.41, 5.74) is 0. The SMILES string of the molecule is CC/C=C\C/C=C\C/C=C\C/C=C\C/C=C\C/C=C\C/C=C\CCCCCCCCCCCC(=O)OC(CO)COC(=O)CCCCCCCCCCCCCCCCCCCCCCCCCCCCC/C=C\CCCCCCCCCC. The zero-order valence-corrected chi connectivity index (χ0v) is 55.9. The van der Waals surface area contributed by atoms with Crippen LogP contribution in [0.15, 0.2) is 97.2 Å². The van der Waals surface area contributed by atoms with E-state index in [4.69, 9.17) is 9.47 Å². The van der Waals surface area contributed by atoms with Crippen molar-refractivity contribution >= 4 is 11.9 Å². The van der Waals surface area contributed by atoms with Gasteiger partial charge in [0.2, 0.25) is 0 Å². The molecule has 0 spiro atoms. The van der Waals surface area contributed by atoms with E-state index in [0.29, 0.717) is 12.8 Å². The molecule has 5 nitrogen and oxygen atoms in total. The van der Waals surface area contributed by atoms with Crippen molar-refractivity contribution in [3.8, 4) is 0 Å². The number of hydrogen-bond donors (Lipinski definition) is 1. The van der Waals surface area contributed by atoms with Crippen LogP contribution in [0.1, 0.15) is 373 Å². The molecule has 1 atom stereocenters. The van der Waals surface area contributed by atoms with Crippen LogP contribution in [-0.2, 0) is 19.1 Å². The highest BCUT2D eigenvalue weighted by molar-refractivity contribution is 5.70. The maximum atomic E-state index is 12.4. The van der Waals surface area contributed by atoms with Crippen LogP contribution < -0.4 is 0 Å². The number of hydrogen-bond acceptors (Lipinski definition) is 5. The molecule has 0 aromatic heterocycles. The summed E-state index contributed by atoms with van der Waals surface area (Å²) in [7, 11) is 0. The fourth-order valence-electron chi connectivity index (χ4n) is 10.9. The maximum Gasteiger partial charge on any atom is 0.306 e.